The predicted molar refractivity (Wildman–Crippen MR) is 47.2 cm³/mol. The van der Waals surface area contributed by atoms with Crippen LogP contribution in [0.3, 0.4) is 0 Å². The minimum atomic E-state index is 0.531. The maximum atomic E-state index is 9.87. The van der Waals surface area contributed by atoms with Crippen molar-refractivity contribution in [3.8, 4) is 0 Å². The molecule has 0 rings (SSSR count). The highest BCUT2D eigenvalue weighted by atomic mass is 16.1. The number of allylic oxidation sites excluding steroid dienone is 1. The Morgan fingerprint density at radius 2 is 2.27 bits per heavy atom. The monoisotopic (exact) mass is 153 g/mol. The van der Waals surface area contributed by atoms with Crippen LogP contribution in [0, 0.1) is 5.92 Å². The highest BCUT2D eigenvalue weighted by Crippen LogP contribution is 1.97. The summed E-state index contributed by atoms with van der Waals surface area (Å²) in [5, 5.41) is 2.54. The molecule has 0 aliphatic heterocycles. The highest BCUT2D eigenvalue weighted by Gasteiger charge is 1.87. The molecule has 0 aliphatic carbocycles. The number of rotatable bonds is 5. The van der Waals surface area contributed by atoms with Crippen LogP contribution in [-0.2, 0) is 4.79 Å². The third-order valence-corrected chi connectivity index (χ3v) is 1.13. The first-order valence-electron chi connectivity index (χ1n) is 3.70. The van der Waals surface area contributed by atoms with Crippen molar-refractivity contribution < 1.29 is 4.79 Å². The maximum Gasteiger partial charge on any atom is 0.207 e. The smallest absolute Gasteiger partial charge is 0.207 e. The number of nitrogens with one attached hydrogen (secondary N) is 1. The topological polar surface area (TPSA) is 29.1 Å². The molecule has 2 nitrogen and oxygen atoms in total. The van der Waals surface area contributed by atoms with Gasteiger partial charge in [0.1, 0.15) is 0 Å². The lowest BCUT2D eigenvalue weighted by Gasteiger charge is -1.98. The van der Waals surface area contributed by atoms with Crippen LogP contribution >= 0.6 is 0 Å². The summed E-state index contributed by atoms with van der Waals surface area (Å²) in [5.41, 5.74) is 0.922. The molecule has 0 radical (unpaired) electrons. The maximum absolute atomic E-state index is 9.87. The van der Waals surface area contributed by atoms with Crippen LogP contribution in [0.15, 0.2) is 24.3 Å². The van der Waals surface area contributed by atoms with Crippen molar-refractivity contribution in [3.63, 3.8) is 0 Å². The van der Waals surface area contributed by atoms with Crippen LogP contribution in [0.25, 0.3) is 0 Å². The summed E-state index contributed by atoms with van der Waals surface area (Å²) < 4.78 is 0. The van der Waals surface area contributed by atoms with Crippen LogP contribution in [0.1, 0.15) is 13.8 Å². The molecule has 0 aromatic carbocycles. The van der Waals surface area contributed by atoms with Crippen LogP contribution in [-0.4, -0.2) is 13.0 Å². The van der Waals surface area contributed by atoms with Crippen molar-refractivity contribution in [3.05, 3.63) is 24.3 Å². The average molecular weight is 153 g/mol. The zero-order chi connectivity index (χ0) is 8.69. The van der Waals surface area contributed by atoms with E-state index in [-0.39, 0.29) is 0 Å². The Morgan fingerprint density at radius 1 is 1.64 bits per heavy atom. The van der Waals surface area contributed by atoms with Gasteiger partial charge in [0.05, 0.1) is 0 Å². The van der Waals surface area contributed by atoms with Gasteiger partial charge >= 0.3 is 0 Å². The summed E-state index contributed by atoms with van der Waals surface area (Å²) in [5.74, 6) is 0.531. The van der Waals surface area contributed by atoms with Crippen molar-refractivity contribution in [2.45, 2.75) is 13.8 Å². The van der Waals surface area contributed by atoms with Gasteiger partial charge in [0, 0.05) is 6.54 Å². The van der Waals surface area contributed by atoms with Gasteiger partial charge in [-0.2, -0.15) is 0 Å². The van der Waals surface area contributed by atoms with Crippen molar-refractivity contribution in [2.75, 3.05) is 6.54 Å². The molecule has 0 aliphatic rings. The molecule has 11 heavy (non-hydrogen) atoms. The molecule has 0 atom stereocenters. The highest BCUT2D eigenvalue weighted by molar-refractivity contribution is 5.47. The van der Waals surface area contributed by atoms with E-state index in [1.54, 1.807) is 0 Å². The SMILES string of the molecule is C=C(/C=C\C(C)C)CNC=O. The standard InChI is InChI=1S/C9H15NO/c1-8(2)4-5-9(3)6-10-7-11/h4-5,7-8H,3,6H2,1-2H3,(H,10,11)/b5-4-. The molecular formula is C9H15NO. The third kappa shape index (κ3) is 6.84. The number of carbonyl (C=O) groups is 1. The van der Waals surface area contributed by atoms with E-state index in [0.717, 1.165) is 5.57 Å². The molecule has 0 saturated heterocycles. The van der Waals surface area contributed by atoms with Crippen LogP contribution < -0.4 is 5.32 Å². The first-order valence-corrected chi connectivity index (χ1v) is 3.70. The van der Waals surface area contributed by atoms with Gasteiger partial charge in [-0.3, -0.25) is 4.79 Å². The molecule has 1 amide bonds. The van der Waals surface area contributed by atoms with Gasteiger partial charge in [-0.1, -0.05) is 32.6 Å². The molecule has 0 bridgehead atoms. The van der Waals surface area contributed by atoms with E-state index in [1.165, 1.54) is 0 Å². The molecule has 62 valence electrons. The number of hydrogen-bond donors (Lipinski definition) is 1. The fourth-order valence-electron chi connectivity index (χ4n) is 0.560. The van der Waals surface area contributed by atoms with Crippen molar-refractivity contribution >= 4 is 6.41 Å². The number of hydrogen-bond acceptors (Lipinski definition) is 1. The minimum Gasteiger partial charge on any atom is -0.355 e. The molecule has 0 spiro atoms. The van der Waals surface area contributed by atoms with Gasteiger partial charge in [0.25, 0.3) is 0 Å². The van der Waals surface area contributed by atoms with Crippen LogP contribution in [0.4, 0.5) is 0 Å². The Morgan fingerprint density at radius 3 is 2.73 bits per heavy atom. The summed E-state index contributed by atoms with van der Waals surface area (Å²) in [6, 6.07) is 0. The quantitative estimate of drug-likeness (QED) is 0.470. The van der Waals surface area contributed by atoms with Crippen LogP contribution in [0.2, 0.25) is 0 Å². The summed E-state index contributed by atoms with van der Waals surface area (Å²) in [6.45, 7) is 8.48. The number of carbonyl (C=O) groups excluding carboxylic acids is 1. The van der Waals surface area contributed by atoms with E-state index in [2.05, 4.69) is 31.8 Å². The molecule has 0 heterocycles. The van der Waals surface area contributed by atoms with Gasteiger partial charge < -0.3 is 5.32 Å². The second-order valence-electron chi connectivity index (χ2n) is 2.76. The molecule has 0 aromatic rings. The first kappa shape index (κ1) is 9.95. The van der Waals surface area contributed by atoms with Gasteiger partial charge in [0.2, 0.25) is 6.41 Å². The van der Waals surface area contributed by atoms with Gasteiger partial charge in [0.15, 0.2) is 0 Å². The van der Waals surface area contributed by atoms with E-state index in [4.69, 9.17) is 0 Å². The normalized spacial score (nSPS) is 10.5. The lowest BCUT2D eigenvalue weighted by atomic mass is 10.1. The summed E-state index contributed by atoms with van der Waals surface area (Å²) >= 11 is 0. The first-order chi connectivity index (χ1) is 5.16. The van der Waals surface area contributed by atoms with Crippen molar-refractivity contribution in [2.24, 2.45) is 5.92 Å². The molecule has 0 unspecified atom stereocenters. The Hall–Kier alpha value is -1.05. The molecule has 0 fully saturated rings. The molecule has 0 aromatic heterocycles. The van der Waals surface area contributed by atoms with Crippen LogP contribution in [0.5, 0.6) is 0 Å². The predicted octanol–water partition coefficient (Wildman–Crippen LogP) is 1.50. The van der Waals surface area contributed by atoms with E-state index < -0.39 is 0 Å². The van der Waals surface area contributed by atoms with E-state index in [9.17, 15) is 4.79 Å². The van der Waals surface area contributed by atoms with E-state index in [1.807, 2.05) is 6.08 Å². The van der Waals surface area contributed by atoms with Gasteiger partial charge in [-0.25, -0.2) is 0 Å². The fourth-order valence-corrected chi connectivity index (χ4v) is 0.560. The Bertz CT molecular complexity index is 159. The Kier molecular flexibility index (Phi) is 5.17. The summed E-state index contributed by atoms with van der Waals surface area (Å²) in [6.07, 6.45) is 4.66. The summed E-state index contributed by atoms with van der Waals surface area (Å²) in [4.78, 5) is 9.87. The fraction of sp³-hybridized carbons (Fsp3) is 0.444. The summed E-state index contributed by atoms with van der Waals surface area (Å²) in [7, 11) is 0. The zero-order valence-electron chi connectivity index (χ0n) is 7.13. The molecule has 2 heteroatoms. The minimum absolute atomic E-state index is 0.531. The second kappa shape index (κ2) is 5.71. The van der Waals surface area contributed by atoms with Gasteiger partial charge in [-0.15, -0.1) is 0 Å². The van der Waals surface area contributed by atoms with E-state index >= 15 is 0 Å². The van der Waals surface area contributed by atoms with E-state index in [0.29, 0.717) is 18.9 Å². The number of amides is 1. The molecular weight excluding hydrogens is 138 g/mol. The molecule has 1 N–H and O–H groups in total. The Balaban J connectivity index is 3.59. The van der Waals surface area contributed by atoms with Crippen molar-refractivity contribution in [1.82, 2.24) is 5.32 Å². The third-order valence-electron chi connectivity index (χ3n) is 1.13. The lowest BCUT2D eigenvalue weighted by molar-refractivity contribution is -0.109. The van der Waals surface area contributed by atoms with Crippen molar-refractivity contribution in [1.29, 1.82) is 0 Å². The lowest BCUT2D eigenvalue weighted by Crippen LogP contribution is -2.12. The average Bonchev–Trinajstić information content (AvgIpc) is 1.97. The largest absolute Gasteiger partial charge is 0.355 e. The zero-order valence-corrected chi connectivity index (χ0v) is 7.13. The molecule has 0 saturated carbocycles. The van der Waals surface area contributed by atoms with Gasteiger partial charge in [-0.05, 0) is 11.5 Å². The Labute approximate surface area is 68.0 Å². The second-order valence-corrected chi connectivity index (χ2v) is 2.76.